The van der Waals surface area contributed by atoms with E-state index in [9.17, 15) is 4.79 Å². The number of esters is 1. The molecule has 8 nitrogen and oxygen atoms in total. The summed E-state index contributed by atoms with van der Waals surface area (Å²) in [6.07, 6.45) is 0.599. The minimum absolute atomic E-state index is 0.210. The van der Waals surface area contributed by atoms with Crippen LogP contribution < -0.4 is 0 Å². The number of methoxy groups -OCH3 is 1. The van der Waals surface area contributed by atoms with Crippen LogP contribution in [0, 0.1) is 0 Å². The Labute approximate surface area is 122 Å². The number of carbonyl (C=O) groups is 1. The third-order valence-corrected chi connectivity index (χ3v) is 2.95. The van der Waals surface area contributed by atoms with E-state index in [4.69, 9.17) is 4.52 Å². The number of carbonyl (C=O) groups excluding carboxylic acids is 1. The lowest BCUT2D eigenvalue weighted by Crippen LogP contribution is -2.13. The van der Waals surface area contributed by atoms with Gasteiger partial charge in [-0.3, -0.25) is 0 Å². The summed E-state index contributed by atoms with van der Waals surface area (Å²) in [5.41, 5.74) is 0.696. The van der Waals surface area contributed by atoms with Gasteiger partial charge in [0.1, 0.15) is 6.54 Å². The molecule has 0 aromatic carbocycles. The number of hydrogen-bond donors (Lipinski definition) is 0. The largest absolute Gasteiger partial charge is 0.464 e. The number of ether oxygens (including phenoxy) is 1. The van der Waals surface area contributed by atoms with E-state index in [0.29, 0.717) is 30.4 Å². The molecule has 0 aliphatic heterocycles. The molecule has 0 aliphatic carbocycles. The van der Waals surface area contributed by atoms with Crippen molar-refractivity contribution in [3.63, 3.8) is 0 Å². The molecule has 0 saturated heterocycles. The van der Waals surface area contributed by atoms with Gasteiger partial charge in [0, 0.05) is 5.41 Å². The normalized spacial score (nSPS) is 11.7. The van der Waals surface area contributed by atoms with E-state index < -0.39 is 5.97 Å². The first-order valence-corrected chi connectivity index (χ1v) is 6.70. The molecule has 0 saturated carbocycles. The Hall–Kier alpha value is -2.25. The summed E-state index contributed by atoms with van der Waals surface area (Å²) >= 11 is 0. The summed E-state index contributed by atoms with van der Waals surface area (Å²) in [5, 5.41) is 11.8. The Morgan fingerprint density at radius 2 is 2.10 bits per heavy atom. The lowest BCUT2D eigenvalue weighted by molar-refractivity contribution is 0.0592. The molecular formula is C13H19N5O3. The van der Waals surface area contributed by atoms with Crippen molar-refractivity contribution in [2.24, 2.45) is 0 Å². The first-order valence-electron chi connectivity index (χ1n) is 6.70. The zero-order chi connectivity index (χ0) is 15.6. The lowest BCUT2D eigenvalue weighted by atomic mass is 9.97. The highest BCUT2D eigenvalue weighted by Crippen LogP contribution is 2.20. The van der Waals surface area contributed by atoms with Gasteiger partial charge in [-0.15, -0.1) is 5.10 Å². The van der Waals surface area contributed by atoms with E-state index in [2.05, 4.69) is 25.2 Å². The van der Waals surface area contributed by atoms with Crippen LogP contribution in [0.15, 0.2) is 4.52 Å². The zero-order valence-corrected chi connectivity index (χ0v) is 12.9. The predicted octanol–water partition coefficient (Wildman–Crippen LogP) is 1.36. The second-order valence-electron chi connectivity index (χ2n) is 5.65. The second-order valence-corrected chi connectivity index (χ2v) is 5.65. The van der Waals surface area contributed by atoms with Crippen molar-refractivity contribution in [2.45, 2.75) is 46.1 Å². The molecule has 0 N–H and O–H groups in total. The number of rotatable bonds is 4. The summed E-state index contributed by atoms with van der Waals surface area (Å²) in [7, 11) is 1.32. The third kappa shape index (κ3) is 3.09. The van der Waals surface area contributed by atoms with E-state index in [-0.39, 0.29) is 11.1 Å². The first-order chi connectivity index (χ1) is 9.86. The van der Waals surface area contributed by atoms with Crippen molar-refractivity contribution in [3.05, 3.63) is 23.1 Å². The van der Waals surface area contributed by atoms with Gasteiger partial charge in [0.25, 0.3) is 0 Å². The van der Waals surface area contributed by atoms with Gasteiger partial charge in [-0.05, 0) is 6.42 Å². The predicted molar refractivity (Wildman–Crippen MR) is 72.8 cm³/mol. The SMILES string of the molecule is CCc1c(C(=O)OC)nnn1Cc1noc(C(C)(C)C)n1. The van der Waals surface area contributed by atoms with Crippen molar-refractivity contribution in [1.29, 1.82) is 0 Å². The Kier molecular flexibility index (Phi) is 4.06. The van der Waals surface area contributed by atoms with Gasteiger partial charge in [-0.1, -0.05) is 38.1 Å². The average molecular weight is 293 g/mol. The zero-order valence-electron chi connectivity index (χ0n) is 12.9. The molecule has 0 radical (unpaired) electrons. The lowest BCUT2D eigenvalue weighted by Gasteiger charge is -2.10. The smallest absolute Gasteiger partial charge is 0.360 e. The molecule has 2 aromatic rings. The van der Waals surface area contributed by atoms with Crippen molar-refractivity contribution in [3.8, 4) is 0 Å². The fourth-order valence-electron chi connectivity index (χ4n) is 1.82. The van der Waals surface area contributed by atoms with Gasteiger partial charge < -0.3 is 9.26 Å². The maximum absolute atomic E-state index is 11.6. The van der Waals surface area contributed by atoms with E-state index in [1.54, 1.807) is 4.68 Å². The molecule has 114 valence electrons. The van der Waals surface area contributed by atoms with Crippen LogP contribution in [-0.4, -0.2) is 38.2 Å². The molecule has 0 amide bonds. The van der Waals surface area contributed by atoms with Crippen molar-refractivity contribution < 1.29 is 14.1 Å². The second kappa shape index (κ2) is 5.63. The van der Waals surface area contributed by atoms with Crippen LogP contribution in [0.5, 0.6) is 0 Å². The molecule has 21 heavy (non-hydrogen) atoms. The highest BCUT2D eigenvalue weighted by Gasteiger charge is 2.23. The molecule has 8 heteroatoms. The average Bonchev–Trinajstić information content (AvgIpc) is 3.04. The Balaban J connectivity index is 2.26. The highest BCUT2D eigenvalue weighted by molar-refractivity contribution is 5.88. The summed E-state index contributed by atoms with van der Waals surface area (Å²) < 4.78 is 11.5. The van der Waals surface area contributed by atoms with Crippen LogP contribution in [0.25, 0.3) is 0 Å². The van der Waals surface area contributed by atoms with E-state index >= 15 is 0 Å². The maximum atomic E-state index is 11.6. The molecule has 0 aliphatic rings. The van der Waals surface area contributed by atoms with E-state index in [1.165, 1.54) is 7.11 Å². The van der Waals surface area contributed by atoms with Gasteiger partial charge in [-0.2, -0.15) is 4.98 Å². The standard InChI is InChI=1S/C13H19N5O3/c1-6-8-10(11(19)20-5)15-17-18(8)7-9-14-12(21-16-9)13(2,3)4/h6-7H2,1-5H3. The summed E-state index contributed by atoms with van der Waals surface area (Å²) in [5.74, 6) is 0.557. The number of hydrogen-bond acceptors (Lipinski definition) is 7. The van der Waals surface area contributed by atoms with Gasteiger partial charge >= 0.3 is 5.97 Å². The quantitative estimate of drug-likeness (QED) is 0.785. The third-order valence-electron chi connectivity index (χ3n) is 2.95. The van der Waals surface area contributed by atoms with Crippen molar-refractivity contribution in [2.75, 3.05) is 7.11 Å². The molecule has 0 bridgehead atoms. The van der Waals surface area contributed by atoms with Crippen LogP contribution in [-0.2, 0) is 23.1 Å². The molecular weight excluding hydrogens is 274 g/mol. The van der Waals surface area contributed by atoms with Crippen molar-refractivity contribution in [1.82, 2.24) is 25.1 Å². The minimum Gasteiger partial charge on any atom is -0.464 e. The van der Waals surface area contributed by atoms with Crippen LogP contribution in [0.3, 0.4) is 0 Å². The molecule has 0 fully saturated rings. The van der Waals surface area contributed by atoms with Gasteiger partial charge in [0.15, 0.2) is 11.5 Å². The molecule has 0 atom stereocenters. The van der Waals surface area contributed by atoms with E-state index in [1.807, 2.05) is 27.7 Å². The van der Waals surface area contributed by atoms with Crippen molar-refractivity contribution >= 4 is 5.97 Å². The highest BCUT2D eigenvalue weighted by atomic mass is 16.5. The first kappa shape index (κ1) is 15.1. The van der Waals surface area contributed by atoms with Gasteiger partial charge in [-0.25, -0.2) is 9.48 Å². The molecule has 2 heterocycles. The fourth-order valence-corrected chi connectivity index (χ4v) is 1.82. The van der Waals surface area contributed by atoms with Gasteiger partial charge in [0.2, 0.25) is 5.89 Å². The maximum Gasteiger partial charge on any atom is 0.360 e. The molecule has 2 aromatic heterocycles. The summed E-state index contributed by atoms with van der Waals surface area (Å²) in [6.45, 7) is 8.19. The topological polar surface area (TPSA) is 95.9 Å². The Bertz CT molecular complexity index is 639. The summed E-state index contributed by atoms with van der Waals surface area (Å²) in [6, 6.07) is 0. The van der Waals surface area contributed by atoms with Crippen LogP contribution >= 0.6 is 0 Å². The van der Waals surface area contributed by atoms with E-state index in [0.717, 1.165) is 0 Å². The summed E-state index contributed by atoms with van der Waals surface area (Å²) in [4.78, 5) is 16.0. The van der Waals surface area contributed by atoms with Gasteiger partial charge in [0.05, 0.1) is 12.8 Å². The Morgan fingerprint density at radius 3 is 2.62 bits per heavy atom. The number of aromatic nitrogens is 5. The monoisotopic (exact) mass is 293 g/mol. The number of nitrogens with zero attached hydrogens (tertiary/aromatic N) is 5. The fraction of sp³-hybridized carbons (Fsp3) is 0.615. The molecule has 0 unspecified atom stereocenters. The molecule has 2 rings (SSSR count). The minimum atomic E-state index is -0.499. The van der Waals surface area contributed by atoms with Crippen LogP contribution in [0.1, 0.15) is 55.6 Å². The molecule has 0 spiro atoms. The van der Waals surface area contributed by atoms with Crippen LogP contribution in [0.4, 0.5) is 0 Å². The Morgan fingerprint density at radius 1 is 1.38 bits per heavy atom. The van der Waals surface area contributed by atoms with Crippen LogP contribution in [0.2, 0.25) is 0 Å².